The Morgan fingerprint density at radius 1 is 1.07 bits per heavy atom. The first-order valence-corrected chi connectivity index (χ1v) is 14.5. The van der Waals surface area contributed by atoms with Crippen LogP contribution in [0.1, 0.15) is 24.0 Å². The Labute approximate surface area is 238 Å². The average molecular weight is 561 g/mol. The van der Waals surface area contributed by atoms with Gasteiger partial charge in [-0.25, -0.2) is 4.98 Å². The Bertz CT molecular complexity index is 1510. The second-order valence-corrected chi connectivity index (χ2v) is 11.8. The molecule has 4 aromatic rings. The van der Waals surface area contributed by atoms with Crippen molar-refractivity contribution in [1.82, 2.24) is 14.9 Å². The van der Waals surface area contributed by atoms with Crippen LogP contribution >= 0.6 is 11.3 Å². The normalized spacial score (nSPS) is 17.2. The maximum Gasteiger partial charge on any atom is 0.230 e. The Kier molecular flexibility index (Phi) is 7.26. The number of piperidine rings is 1. The van der Waals surface area contributed by atoms with E-state index in [2.05, 4.69) is 59.0 Å². The molecule has 2 saturated heterocycles. The molecule has 2 aliphatic heterocycles. The molecule has 210 valence electrons. The van der Waals surface area contributed by atoms with Crippen molar-refractivity contribution < 1.29 is 14.6 Å². The number of benzene rings is 2. The first kappa shape index (κ1) is 26.8. The molecular formula is C30H36N6O3S. The molecule has 0 aliphatic carbocycles. The van der Waals surface area contributed by atoms with Gasteiger partial charge in [-0.15, -0.1) is 11.3 Å². The highest BCUT2D eigenvalue weighted by Gasteiger charge is 2.38. The third kappa shape index (κ3) is 5.19. The lowest BCUT2D eigenvalue weighted by Crippen LogP contribution is -2.46. The van der Waals surface area contributed by atoms with E-state index in [1.165, 1.54) is 0 Å². The fraction of sp³-hybridized carbons (Fsp3) is 0.400. The van der Waals surface area contributed by atoms with E-state index in [1.807, 2.05) is 30.3 Å². The predicted molar refractivity (Wildman–Crippen MR) is 162 cm³/mol. The van der Waals surface area contributed by atoms with E-state index in [9.17, 15) is 5.11 Å². The van der Waals surface area contributed by atoms with Crippen LogP contribution in [0, 0.1) is 6.92 Å². The molecule has 40 heavy (non-hydrogen) atoms. The van der Waals surface area contributed by atoms with Gasteiger partial charge in [0.2, 0.25) is 5.95 Å². The lowest BCUT2D eigenvalue weighted by Gasteiger charge is -2.37. The summed E-state index contributed by atoms with van der Waals surface area (Å²) in [5, 5.41) is 20.7. The molecule has 2 aliphatic rings. The number of rotatable bonds is 8. The minimum Gasteiger partial charge on any atom is -0.495 e. The molecule has 0 bridgehead atoms. The monoisotopic (exact) mass is 560 g/mol. The van der Waals surface area contributed by atoms with E-state index in [0.717, 1.165) is 70.1 Å². The second kappa shape index (κ2) is 10.9. The van der Waals surface area contributed by atoms with Gasteiger partial charge in [-0.3, -0.25) is 0 Å². The quantitative estimate of drug-likeness (QED) is 0.267. The zero-order valence-electron chi connectivity index (χ0n) is 23.4. The molecule has 0 unspecified atom stereocenters. The number of ether oxygens (including phenoxy) is 2. The van der Waals surface area contributed by atoms with Crippen LogP contribution in [0.4, 0.5) is 28.8 Å². The van der Waals surface area contributed by atoms with Crippen molar-refractivity contribution in [2.45, 2.75) is 31.4 Å². The summed E-state index contributed by atoms with van der Waals surface area (Å²) >= 11 is 1.59. The molecule has 0 atom stereocenters. The zero-order valence-corrected chi connectivity index (χ0v) is 24.2. The van der Waals surface area contributed by atoms with Gasteiger partial charge >= 0.3 is 0 Å². The van der Waals surface area contributed by atoms with Crippen LogP contribution in [0.5, 0.6) is 5.75 Å². The van der Waals surface area contributed by atoms with Crippen LogP contribution in [0.25, 0.3) is 10.2 Å². The summed E-state index contributed by atoms with van der Waals surface area (Å²) in [6.07, 6.45) is 2.27. The molecule has 2 aromatic heterocycles. The minimum atomic E-state index is -0.933. The van der Waals surface area contributed by atoms with Gasteiger partial charge < -0.3 is 35.0 Å². The van der Waals surface area contributed by atoms with Crippen LogP contribution in [-0.4, -0.2) is 73.5 Å². The number of hydrogen-bond acceptors (Lipinski definition) is 10. The number of nitrogens with one attached hydrogen (secondary N) is 2. The molecule has 3 N–H and O–H groups in total. The van der Waals surface area contributed by atoms with E-state index in [1.54, 1.807) is 18.4 Å². The van der Waals surface area contributed by atoms with Crippen LogP contribution in [0.2, 0.25) is 0 Å². The van der Waals surface area contributed by atoms with E-state index < -0.39 is 5.60 Å². The highest BCUT2D eigenvalue weighted by molar-refractivity contribution is 7.17. The molecule has 6 rings (SSSR count). The summed E-state index contributed by atoms with van der Waals surface area (Å²) in [6.45, 7) is 4.69. The van der Waals surface area contributed by atoms with E-state index >= 15 is 0 Å². The highest BCUT2D eigenvalue weighted by Crippen LogP contribution is 2.37. The first-order valence-electron chi connectivity index (χ1n) is 13.6. The number of aliphatic hydroxyl groups is 1. The molecule has 2 aromatic carbocycles. The van der Waals surface area contributed by atoms with Gasteiger partial charge in [0.1, 0.15) is 22.0 Å². The minimum absolute atomic E-state index is 0.308. The zero-order chi connectivity index (χ0) is 27.9. The molecule has 10 heteroatoms. The van der Waals surface area contributed by atoms with E-state index in [0.29, 0.717) is 31.0 Å². The number of anilines is 5. The average Bonchev–Trinajstić information content (AvgIpc) is 3.32. The van der Waals surface area contributed by atoms with Crippen molar-refractivity contribution in [2.24, 2.45) is 0 Å². The molecule has 0 saturated carbocycles. The topological polar surface area (TPSA) is 95.0 Å². The number of fused-ring (bicyclic) bond motifs is 1. The van der Waals surface area contributed by atoms with Crippen molar-refractivity contribution in [3.63, 3.8) is 0 Å². The van der Waals surface area contributed by atoms with Gasteiger partial charge in [-0.05, 0) is 74.6 Å². The van der Waals surface area contributed by atoms with Crippen molar-refractivity contribution >= 4 is 50.4 Å². The van der Waals surface area contributed by atoms with Gasteiger partial charge in [0.05, 0.1) is 31.4 Å². The predicted octanol–water partition coefficient (Wildman–Crippen LogP) is 5.24. The number of hydrogen-bond donors (Lipinski definition) is 3. The number of aromatic nitrogens is 2. The molecule has 0 spiro atoms. The van der Waals surface area contributed by atoms with Crippen molar-refractivity contribution in [3.05, 3.63) is 59.0 Å². The van der Waals surface area contributed by atoms with Gasteiger partial charge in [0.25, 0.3) is 0 Å². The molecule has 0 amide bonds. The third-order valence-electron chi connectivity index (χ3n) is 7.93. The fourth-order valence-corrected chi connectivity index (χ4v) is 6.41. The highest BCUT2D eigenvalue weighted by atomic mass is 32.1. The lowest BCUT2D eigenvalue weighted by atomic mass is 9.92. The maximum atomic E-state index is 10.7. The molecule has 9 nitrogen and oxygen atoms in total. The van der Waals surface area contributed by atoms with Crippen LogP contribution in [0.15, 0.2) is 47.8 Å². The number of methoxy groups -OCH3 is 1. The van der Waals surface area contributed by atoms with Gasteiger partial charge in [0, 0.05) is 36.6 Å². The lowest BCUT2D eigenvalue weighted by molar-refractivity contribution is -0.184. The maximum absolute atomic E-state index is 10.7. The Morgan fingerprint density at radius 3 is 2.55 bits per heavy atom. The van der Waals surface area contributed by atoms with Crippen molar-refractivity contribution in [2.75, 3.05) is 63.0 Å². The Hall–Kier alpha value is -3.44. The van der Waals surface area contributed by atoms with Gasteiger partial charge in [-0.1, -0.05) is 12.1 Å². The number of thiophene rings is 1. The first-order chi connectivity index (χ1) is 19.3. The molecule has 4 heterocycles. The summed E-state index contributed by atoms with van der Waals surface area (Å²) in [7, 11) is 6.03. The Morgan fingerprint density at radius 2 is 1.85 bits per heavy atom. The Balaban J connectivity index is 1.25. The summed E-state index contributed by atoms with van der Waals surface area (Å²) < 4.78 is 11.1. The molecule has 0 radical (unpaired) electrons. The SMILES string of the molecule is COc1cc(Nc2nc(Nc3cccc(C4(O)COC4)c3)c3c(C)csc3n2)ccc1N1CCC(N(C)C)CC1. The smallest absolute Gasteiger partial charge is 0.230 e. The van der Waals surface area contributed by atoms with Crippen LogP contribution in [0.3, 0.4) is 0 Å². The number of nitrogens with zero attached hydrogens (tertiary/aromatic N) is 4. The second-order valence-electron chi connectivity index (χ2n) is 10.9. The summed E-state index contributed by atoms with van der Waals surface area (Å²) in [5.41, 5.74) is 3.82. The largest absolute Gasteiger partial charge is 0.495 e. The van der Waals surface area contributed by atoms with E-state index in [4.69, 9.17) is 19.4 Å². The summed E-state index contributed by atoms with van der Waals surface area (Å²) in [4.78, 5) is 15.3. The van der Waals surface area contributed by atoms with Crippen LogP contribution in [-0.2, 0) is 10.3 Å². The molecule has 2 fully saturated rings. The van der Waals surface area contributed by atoms with E-state index in [-0.39, 0.29) is 0 Å². The summed E-state index contributed by atoms with van der Waals surface area (Å²) in [5.74, 6) is 2.04. The number of aryl methyl sites for hydroxylation is 1. The van der Waals surface area contributed by atoms with Crippen molar-refractivity contribution in [1.29, 1.82) is 0 Å². The van der Waals surface area contributed by atoms with Gasteiger partial charge in [-0.2, -0.15) is 4.98 Å². The van der Waals surface area contributed by atoms with Crippen LogP contribution < -0.4 is 20.3 Å². The van der Waals surface area contributed by atoms with Gasteiger partial charge in [0.15, 0.2) is 0 Å². The fourth-order valence-electron chi connectivity index (χ4n) is 5.48. The third-order valence-corrected chi connectivity index (χ3v) is 8.92. The standard InChI is InChI=1S/C30H36N6O3S/c1-19-16-40-28-26(19)27(31-21-7-5-6-20(14-21)30(37)17-39-18-30)33-29(34-28)32-22-8-9-24(25(15-22)38-4)36-12-10-23(11-13-36)35(2)3/h5-9,14-16,23,37H,10-13,17-18H2,1-4H3,(H2,31,32,33,34). The molecular weight excluding hydrogens is 524 g/mol. The summed E-state index contributed by atoms with van der Waals surface area (Å²) in [6, 6.07) is 14.6. The van der Waals surface area contributed by atoms with Crippen molar-refractivity contribution in [3.8, 4) is 5.75 Å².